The van der Waals surface area contributed by atoms with E-state index in [-0.39, 0.29) is 23.5 Å². The summed E-state index contributed by atoms with van der Waals surface area (Å²) in [6.07, 6.45) is 2.37. The third-order valence-electron chi connectivity index (χ3n) is 2.90. The van der Waals surface area contributed by atoms with E-state index in [0.717, 1.165) is 0 Å². The second-order valence-electron chi connectivity index (χ2n) is 4.40. The lowest BCUT2D eigenvalue weighted by Gasteiger charge is -2.12. The van der Waals surface area contributed by atoms with Crippen LogP contribution < -0.4 is 16.0 Å². The average molecular weight is 280 g/mol. The molecular formula is C11H16N6O3. The molecule has 1 aromatic heterocycles. The number of nitro groups is 1. The molecule has 1 aliphatic heterocycles. The largest absolute Gasteiger partial charge is 0.362 e. The van der Waals surface area contributed by atoms with Gasteiger partial charge in [0.05, 0.1) is 4.92 Å². The number of carbonyl (C=O) groups excluding carboxylic acids is 1. The predicted octanol–water partition coefficient (Wildman–Crippen LogP) is 0.507. The highest BCUT2D eigenvalue weighted by molar-refractivity contribution is 5.78. The molecule has 1 atom stereocenters. The van der Waals surface area contributed by atoms with Crippen LogP contribution in [0.2, 0.25) is 0 Å². The zero-order valence-electron chi connectivity index (χ0n) is 11.0. The molecule has 1 saturated heterocycles. The molecule has 3 N–H and O–H groups in total. The highest BCUT2D eigenvalue weighted by atomic mass is 16.6. The summed E-state index contributed by atoms with van der Waals surface area (Å²) >= 11 is 0. The van der Waals surface area contributed by atoms with Crippen molar-refractivity contribution in [2.45, 2.75) is 25.8 Å². The number of rotatable bonds is 6. The third kappa shape index (κ3) is 3.31. The van der Waals surface area contributed by atoms with Crippen LogP contribution in [0, 0.1) is 10.1 Å². The van der Waals surface area contributed by atoms with Gasteiger partial charge >= 0.3 is 5.69 Å². The van der Waals surface area contributed by atoms with Gasteiger partial charge in [-0.25, -0.2) is 4.98 Å². The number of aromatic nitrogens is 2. The lowest BCUT2D eigenvalue weighted by molar-refractivity contribution is -0.384. The molecule has 9 nitrogen and oxygen atoms in total. The van der Waals surface area contributed by atoms with Crippen LogP contribution in [0.25, 0.3) is 0 Å². The van der Waals surface area contributed by atoms with Crippen LogP contribution in [0.15, 0.2) is 6.20 Å². The number of hydrogen-bond donors (Lipinski definition) is 3. The first-order valence-electron chi connectivity index (χ1n) is 6.38. The van der Waals surface area contributed by atoms with Gasteiger partial charge in [0.1, 0.15) is 6.20 Å². The minimum Gasteiger partial charge on any atom is -0.362 e. The Morgan fingerprint density at radius 1 is 1.55 bits per heavy atom. The van der Waals surface area contributed by atoms with Crippen molar-refractivity contribution in [2.24, 2.45) is 0 Å². The molecule has 0 radical (unpaired) electrons. The summed E-state index contributed by atoms with van der Waals surface area (Å²) in [6, 6.07) is -0.0281. The van der Waals surface area contributed by atoms with Crippen molar-refractivity contribution in [3.8, 4) is 0 Å². The van der Waals surface area contributed by atoms with Gasteiger partial charge in [0.25, 0.3) is 0 Å². The van der Waals surface area contributed by atoms with Crippen molar-refractivity contribution >= 4 is 23.4 Å². The molecule has 108 valence electrons. The van der Waals surface area contributed by atoms with Crippen LogP contribution in [-0.2, 0) is 4.79 Å². The van der Waals surface area contributed by atoms with Gasteiger partial charge in [-0.05, 0) is 13.3 Å². The summed E-state index contributed by atoms with van der Waals surface area (Å²) in [5.74, 6) is 0.487. The van der Waals surface area contributed by atoms with Gasteiger partial charge in [0.2, 0.25) is 17.7 Å². The molecular weight excluding hydrogens is 264 g/mol. The molecule has 1 aliphatic rings. The fraction of sp³-hybridized carbons (Fsp3) is 0.545. The zero-order chi connectivity index (χ0) is 14.5. The minimum absolute atomic E-state index is 0.00215. The topological polar surface area (TPSA) is 122 Å². The molecule has 9 heteroatoms. The van der Waals surface area contributed by atoms with Gasteiger partial charge in [0, 0.05) is 25.6 Å². The van der Waals surface area contributed by atoms with Crippen molar-refractivity contribution < 1.29 is 9.72 Å². The molecule has 0 saturated carbocycles. The summed E-state index contributed by atoms with van der Waals surface area (Å²) < 4.78 is 0. The monoisotopic (exact) mass is 280 g/mol. The fourth-order valence-corrected chi connectivity index (χ4v) is 1.93. The quantitative estimate of drug-likeness (QED) is 0.512. The zero-order valence-corrected chi connectivity index (χ0v) is 11.0. The maximum absolute atomic E-state index is 11.1. The highest BCUT2D eigenvalue weighted by Crippen LogP contribution is 2.22. The molecule has 0 aliphatic carbocycles. The second-order valence-corrected chi connectivity index (χ2v) is 4.40. The summed E-state index contributed by atoms with van der Waals surface area (Å²) in [7, 11) is 0. The Bertz CT molecular complexity index is 521. The molecule has 0 spiro atoms. The van der Waals surface area contributed by atoms with Crippen molar-refractivity contribution in [1.82, 2.24) is 15.3 Å². The SMILES string of the molecule is CCNc1ncc([N+](=O)[O-])c(NCC2CCC(=O)N2)n1. The minimum atomic E-state index is -0.536. The Labute approximate surface area is 115 Å². The van der Waals surface area contributed by atoms with E-state index in [9.17, 15) is 14.9 Å². The summed E-state index contributed by atoms with van der Waals surface area (Å²) in [4.78, 5) is 29.4. The number of anilines is 2. The first-order valence-corrected chi connectivity index (χ1v) is 6.38. The predicted molar refractivity (Wildman–Crippen MR) is 72.5 cm³/mol. The molecule has 1 fully saturated rings. The van der Waals surface area contributed by atoms with Gasteiger partial charge in [-0.3, -0.25) is 14.9 Å². The van der Waals surface area contributed by atoms with Crippen LogP contribution in [0.5, 0.6) is 0 Å². The Balaban J connectivity index is 2.08. The second kappa shape index (κ2) is 6.13. The molecule has 1 aromatic rings. The molecule has 1 unspecified atom stereocenters. The van der Waals surface area contributed by atoms with Crippen molar-refractivity contribution in [3.05, 3.63) is 16.3 Å². The van der Waals surface area contributed by atoms with Crippen LogP contribution in [0.3, 0.4) is 0 Å². The third-order valence-corrected chi connectivity index (χ3v) is 2.90. The van der Waals surface area contributed by atoms with Crippen LogP contribution in [-0.4, -0.2) is 39.9 Å². The van der Waals surface area contributed by atoms with E-state index >= 15 is 0 Å². The number of nitrogens with one attached hydrogen (secondary N) is 3. The van der Waals surface area contributed by atoms with Gasteiger partial charge in [-0.2, -0.15) is 4.98 Å². The molecule has 20 heavy (non-hydrogen) atoms. The van der Waals surface area contributed by atoms with E-state index in [0.29, 0.717) is 31.9 Å². The van der Waals surface area contributed by atoms with Gasteiger partial charge in [-0.1, -0.05) is 0 Å². The van der Waals surface area contributed by atoms with Crippen LogP contribution >= 0.6 is 0 Å². The van der Waals surface area contributed by atoms with Crippen LogP contribution in [0.4, 0.5) is 17.5 Å². The Kier molecular flexibility index (Phi) is 4.28. The lowest BCUT2D eigenvalue weighted by atomic mass is 10.2. The first-order chi connectivity index (χ1) is 9.60. The van der Waals surface area contributed by atoms with E-state index in [1.165, 1.54) is 6.20 Å². The van der Waals surface area contributed by atoms with E-state index in [4.69, 9.17) is 0 Å². The molecule has 0 aromatic carbocycles. The average Bonchev–Trinajstić information content (AvgIpc) is 2.82. The van der Waals surface area contributed by atoms with Crippen molar-refractivity contribution in [2.75, 3.05) is 23.7 Å². The molecule has 0 bridgehead atoms. The maximum Gasteiger partial charge on any atom is 0.329 e. The van der Waals surface area contributed by atoms with E-state index in [1.54, 1.807) is 0 Å². The molecule has 2 heterocycles. The standard InChI is InChI=1S/C11H16N6O3/c1-2-12-11-14-6-8(17(19)20)10(16-11)13-5-7-3-4-9(18)15-7/h6-7H,2-5H2,1H3,(H,15,18)(H2,12,13,14,16). The number of nitrogens with zero attached hydrogens (tertiary/aromatic N) is 3. The molecule has 2 rings (SSSR count). The Morgan fingerprint density at radius 3 is 2.95 bits per heavy atom. The normalized spacial score (nSPS) is 17.6. The van der Waals surface area contributed by atoms with Gasteiger partial charge in [-0.15, -0.1) is 0 Å². The lowest BCUT2D eigenvalue weighted by Crippen LogP contribution is -2.32. The summed E-state index contributed by atoms with van der Waals surface area (Å²) in [6.45, 7) is 2.90. The Morgan fingerprint density at radius 2 is 2.35 bits per heavy atom. The van der Waals surface area contributed by atoms with E-state index in [1.807, 2.05) is 6.92 Å². The summed E-state index contributed by atoms with van der Waals surface area (Å²) in [5, 5.41) is 19.5. The number of amides is 1. The van der Waals surface area contributed by atoms with E-state index in [2.05, 4.69) is 25.9 Å². The van der Waals surface area contributed by atoms with Crippen molar-refractivity contribution in [3.63, 3.8) is 0 Å². The highest BCUT2D eigenvalue weighted by Gasteiger charge is 2.23. The fourth-order valence-electron chi connectivity index (χ4n) is 1.93. The van der Waals surface area contributed by atoms with Crippen LogP contribution in [0.1, 0.15) is 19.8 Å². The smallest absolute Gasteiger partial charge is 0.329 e. The van der Waals surface area contributed by atoms with Gasteiger partial charge in [0.15, 0.2) is 0 Å². The Hall–Kier alpha value is -2.45. The molecule has 1 amide bonds. The summed E-state index contributed by atoms with van der Waals surface area (Å²) in [5.41, 5.74) is -0.184. The number of hydrogen-bond acceptors (Lipinski definition) is 7. The van der Waals surface area contributed by atoms with E-state index < -0.39 is 4.92 Å². The number of carbonyl (C=O) groups is 1. The first kappa shape index (κ1) is 14.0. The maximum atomic E-state index is 11.1. The van der Waals surface area contributed by atoms with Crippen molar-refractivity contribution in [1.29, 1.82) is 0 Å². The van der Waals surface area contributed by atoms with Gasteiger partial charge < -0.3 is 16.0 Å².